The van der Waals surface area contributed by atoms with Gasteiger partial charge in [-0.15, -0.1) is 0 Å². The third-order valence-corrected chi connectivity index (χ3v) is 6.68. The number of halogens is 19. The molecule has 0 saturated carbocycles. The molecule has 23 heteroatoms. The van der Waals surface area contributed by atoms with Gasteiger partial charge in [0.05, 0.1) is 12.8 Å². The summed E-state index contributed by atoms with van der Waals surface area (Å²) in [5.74, 6) is -42.3. The Morgan fingerprint density at radius 1 is 0.604 bits per heavy atom. The van der Waals surface area contributed by atoms with Crippen LogP contribution < -0.4 is 0 Å². The predicted molar refractivity (Wildman–Crippen MR) is 138 cm³/mol. The van der Waals surface area contributed by atoms with Gasteiger partial charge >= 0.3 is 42.2 Å². The monoisotopic (exact) mass is 872 g/mol. The van der Waals surface area contributed by atoms with Crippen molar-refractivity contribution in [2.45, 2.75) is 55.1 Å². The molecule has 0 aliphatic rings. The topological polar surface area (TPSA) is 68.3 Å². The van der Waals surface area contributed by atoms with E-state index in [9.17, 15) is 89.4 Å². The maximum absolute atomic E-state index is 13.3. The Balaban J connectivity index is 0.000000487. The van der Waals surface area contributed by atoms with Crippen LogP contribution in [0.1, 0.15) is 33.6 Å². The average Bonchev–Trinajstić information content (AvgIpc) is 2.91. The predicted octanol–water partition coefficient (Wildman–Crippen LogP) is 9.98. The summed E-state index contributed by atoms with van der Waals surface area (Å²) in [6, 6.07) is 5.49. The second-order valence-electron chi connectivity index (χ2n) is 9.08. The lowest BCUT2D eigenvalue weighted by atomic mass is 9.95. The highest BCUT2D eigenvalue weighted by Gasteiger charge is 2.83. The molecule has 2 aromatic carbocycles. The van der Waals surface area contributed by atoms with Crippen molar-refractivity contribution in [3.8, 4) is 0 Å². The van der Waals surface area contributed by atoms with Crippen molar-refractivity contribution in [3.63, 3.8) is 0 Å². The largest absolute Gasteiger partial charge is 0.460 e. The minimum atomic E-state index is -7.25. The number of hydrogen-bond acceptors (Lipinski definition) is 4. The number of carbonyl (C=O) groups excluding carboxylic acids is 4. The number of carbonyl (C=O) groups is 4. The van der Waals surface area contributed by atoms with Crippen molar-refractivity contribution in [3.05, 3.63) is 67.3 Å². The van der Waals surface area contributed by atoms with Crippen molar-refractivity contribution >= 4 is 66.6 Å². The molecule has 0 N–H and O–H groups in total. The van der Waals surface area contributed by atoms with Gasteiger partial charge < -0.3 is 0 Å². The third kappa shape index (κ3) is 9.27. The molecule has 4 nitrogen and oxygen atoms in total. The van der Waals surface area contributed by atoms with Gasteiger partial charge in [0.1, 0.15) is 5.82 Å². The summed E-state index contributed by atoms with van der Waals surface area (Å²) in [4.78, 5) is 45.5. The second kappa shape index (κ2) is 15.0. The van der Waals surface area contributed by atoms with Gasteiger partial charge in [0.25, 0.3) is 0 Å². The minimum Gasteiger partial charge on any atom is -0.294 e. The van der Waals surface area contributed by atoms with E-state index in [1.54, 1.807) is 0 Å². The molecule has 2 aromatic rings. The molecule has 0 amide bonds. The molecule has 0 spiro atoms. The number of hydrogen-bond donors (Lipinski definition) is 0. The summed E-state index contributed by atoms with van der Waals surface area (Å²) >= 11 is 11.2. The molecule has 0 heterocycles. The van der Waals surface area contributed by atoms with E-state index < -0.39 is 89.6 Å². The van der Waals surface area contributed by atoms with Gasteiger partial charge in [0, 0.05) is 25.1 Å². The lowest BCUT2D eigenvalue weighted by Crippen LogP contribution is -2.63. The van der Waals surface area contributed by atoms with E-state index in [4.69, 9.17) is 11.6 Å². The molecule has 268 valence electrons. The normalized spacial score (nSPS) is 13.2. The van der Waals surface area contributed by atoms with Crippen LogP contribution in [0.25, 0.3) is 0 Å². The van der Waals surface area contributed by atoms with E-state index >= 15 is 0 Å². The fourth-order valence-corrected chi connectivity index (χ4v) is 4.35. The molecule has 0 saturated heterocycles. The summed E-state index contributed by atoms with van der Waals surface area (Å²) in [5.41, 5.74) is -1.07. The van der Waals surface area contributed by atoms with Crippen LogP contribution in [0.2, 0.25) is 5.02 Å². The van der Waals surface area contributed by atoms with Crippen molar-refractivity contribution in [2.75, 3.05) is 0 Å². The first-order valence-electron chi connectivity index (χ1n) is 11.6. The first-order chi connectivity index (χ1) is 21.3. The van der Waals surface area contributed by atoms with Gasteiger partial charge in [-0.05, 0) is 36.4 Å². The fraction of sp³-hybridized carbons (Fsp3) is 0.360. The Hall–Kier alpha value is -2.75. The van der Waals surface area contributed by atoms with Crippen LogP contribution in [0, 0.1) is 5.82 Å². The van der Waals surface area contributed by atoms with Crippen LogP contribution in [0.5, 0.6) is 0 Å². The summed E-state index contributed by atoms with van der Waals surface area (Å²) in [6.07, 6.45) is -15.7. The lowest BCUT2D eigenvalue weighted by molar-refractivity contribution is -0.388. The molecule has 0 aliphatic heterocycles. The van der Waals surface area contributed by atoms with Gasteiger partial charge in [-0.1, -0.05) is 43.5 Å². The number of benzene rings is 2. The van der Waals surface area contributed by atoms with Crippen LogP contribution >= 0.6 is 43.5 Å². The van der Waals surface area contributed by atoms with Gasteiger partial charge in [-0.25, -0.2) is 13.2 Å². The van der Waals surface area contributed by atoms with Crippen LogP contribution in [-0.2, 0) is 9.59 Å². The first kappa shape index (κ1) is 43.3. The van der Waals surface area contributed by atoms with E-state index in [0.717, 1.165) is 24.3 Å². The molecule has 48 heavy (non-hydrogen) atoms. The van der Waals surface area contributed by atoms with E-state index in [0.29, 0.717) is 6.07 Å². The highest BCUT2D eigenvalue weighted by Crippen LogP contribution is 2.53. The first-order valence-corrected chi connectivity index (χ1v) is 13.6. The third-order valence-electron chi connectivity index (χ3n) is 5.55. The highest BCUT2D eigenvalue weighted by molar-refractivity contribution is 9.10. The zero-order valence-corrected chi connectivity index (χ0v) is 26.2. The van der Waals surface area contributed by atoms with Crippen molar-refractivity contribution in [2.24, 2.45) is 0 Å². The van der Waals surface area contributed by atoms with Gasteiger partial charge in [-0.3, -0.25) is 19.2 Å². The molecular weight excluding hydrogens is 864 g/mol. The van der Waals surface area contributed by atoms with Crippen molar-refractivity contribution in [1.29, 1.82) is 0 Å². The number of ketones is 4. The highest BCUT2D eigenvalue weighted by atomic mass is 79.9. The van der Waals surface area contributed by atoms with E-state index in [-0.39, 0.29) is 19.5 Å². The fourth-order valence-electron chi connectivity index (χ4n) is 3.02. The van der Waals surface area contributed by atoms with Gasteiger partial charge in [-0.2, -0.15) is 57.1 Å². The summed E-state index contributed by atoms with van der Waals surface area (Å²) in [5, 5.41) is 0.0230. The maximum atomic E-state index is 13.3. The minimum absolute atomic E-state index is 0.0230. The van der Waals surface area contributed by atoms with Crippen LogP contribution in [-0.4, -0.2) is 65.3 Å². The molecule has 0 radical (unpaired) electrons. The Kier molecular flexibility index (Phi) is 13.5. The van der Waals surface area contributed by atoms with E-state index in [2.05, 4.69) is 31.9 Å². The molecule has 0 unspecified atom stereocenters. The SMILES string of the molecule is O=C(CC(=O)C(F)(F)C(F)(F)C(F)(F)C(F)(F)F)c1cc(F)cc(Br)c1.O=C(CC(=O)C(F)(F)C(F)(F)C(F)F)c1cc(Cl)cc(Br)c1. The second-order valence-corrected chi connectivity index (χ2v) is 11.3. The Labute approximate surface area is 278 Å². The summed E-state index contributed by atoms with van der Waals surface area (Å²) in [7, 11) is 0. The molecule has 0 aromatic heterocycles. The summed E-state index contributed by atoms with van der Waals surface area (Å²) in [6.45, 7) is 0. The molecule has 0 fully saturated rings. The molecule has 0 atom stereocenters. The number of rotatable bonds is 12. The smallest absolute Gasteiger partial charge is 0.294 e. The quantitative estimate of drug-likeness (QED) is 0.121. The van der Waals surface area contributed by atoms with Crippen LogP contribution in [0.3, 0.4) is 0 Å². The number of Topliss-reactive ketones (excluding diaryl/α,β-unsaturated/α-hetero) is 4. The van der Waals surface area contributed by atoms with Crippen molar-refractivity contribution < 1.29 is 89.4 Å². The summed E-state index contributed by atoms with van der Waals surface area (Å²) < 4.78 is 203. The number of alkyl halides is 15. The Morgan fingerprint density at radius 3 is 1.38 bits per heavy atom. The Morgan fingerprint density at radius 2 is 1.00 bits per heavy atom. The zero-order valence-electron chi connectivity index (χ0n) is 22.3. The van der Waals surface area contributed by atoms with Gasteiger partial charge in [0.15, 0.2) is 11.6 Å². The van der Waals surface area contributed by atoms with E-state index in [1.807, 2.05) is 0 Å². The zero-order chi connectivity index (χ0) is 38.0. The van der Waals surface area contributed by atoms with Crippen LogP contribution in [0.4, 0.5) is 70.2 Å². The molecule has 2 rings (SSSR count). The van der Waals surface area contributed by atoms with Crippen LogP contribution in [0.15, 0.2) is 45.3 Å². The molecular formula is C25H11Br2ClF16O4. The molecule has 0 bridgehead atoms. The Bertz CT molecular complexity index is 1520. The molecule has 0 aliphatic carbocycles. The maximum Gasteiger partial charge on any atom is 0.460 e. The lowest BCUT2D eigenvalue weighted by Gasteiger charge is -2.32. The average molecular weight is 875 g/mol. The van der Waals surface area contributed by atoms with Crippen molar-refractivity contribution in [1.82, 2.24) is 0 Å². The standard InChI is InChI=1S/C13H5BrF10O2.C12H6BrClF6O2/c14-6-1-5(2-7(15)3-6)8(25)4-9(26)10(16,17)11(18,19)12(20,21)13(22,23)24;13-6-1-5(2-7(14)3-6)8(21)4-9(22)11(17,18)12(19,20)10(15)16/h1-3H,4H2;1-3,10H,4H2. The van der Waals surface area contributed by atoms with E-state index in [1.165, 1.54) is 6.07 Å². The van der Waals surface area contributed by atoms with Gasteiger partial charge in [0.2, 0.25) is 11.6 Å².